The van der Waals surface area contributed by atoms with E-state index in [4.69, 9.17) is 0 Å². The zero-order valence-electron chi connectivity index (χ0n) is 12.1. The second-order valence-corrected chi connectivity index (χ2v) is 7.06. The molecule has 112 valence electrons. The van der Waals surface area contributed by atoms with Crippen LogP contribution in [0.4, 0.5) is 11.8 Å². The SMILES string of the molecule is CN(C)c1ccnc(N2CCCC(NS(C)(=O)=O)C2)n1. The van der Waals surface area contributed by atoms with Gasteiger partial charge in [0.1, 0.15) is 5.82 Å². The zero-order valence-corrected chi connectivity index (χ0v) is 12.9. The van der Waals surface area contributed by atoms with Gasteiger partial charge in [-0.05, 0) is 18.9 Å². The predicted molar refractivity (Wildman–Crippen MR) is 79.6 cm³/mol. The molecule has 1 aliphatic heterocycles. The van der Waals surface area contributed by atoms with Crippen molar-refractivity contribution < 1.29 is 8.42 Å². The van der Waals surface area contributed by atoms with Gasteiger partial charge in [-0.2, -0.15) is 4.98 Å². The molecule has 1 aliphatic rings. The molecule has 20 heavy (non-hydrogen) atoms. The van der Waals surface area contributed by atoms with E-state index in [2.05, 4.69) is 14.7 Å². The molecule has 1 unspecified atom stereocenters. The van der Waals surface area contributed by atoms with Gasteiger partial charge in [-0.25, -0.2) is 18.1 Å². The lowest BCUT2D eigenvalue weighted by atomic mass is 10.1. The van der Waals surface area contributed by atoms with E-state index in [-0.39, 0.29) is 6.04 Å². The Bertz CT molecular complexity index is 561. The summed E-state index contributed by atoms with van der Waals surface area (Å²) < 4.78 is 25.3. The molecule has 1 atom stereocenters. The first-order chi connectivity index (χ1) is 9.35. The summed E-state index contributed by atoms with van der Waals surface area (Å²) in [5.41, 5.74) is 0. The van der Waals surface area contributed by atoms with Gasteiger partial charge in [0.2, 0.25) is 16.0 Å². The Morgan fingerprint density at radius 1 is 1.45 bits per heavy atom. The minimum atomic E-state index is -3.18. The lowest BCUT2D eigenvalue weighted by molar-refractivity contribution is 0.463. The lowest BCUT2D eigenvalue weighted by Crippen LogP contribution is -2.48. The van der Waals surface area contributed by atoms with Crippen LogP contribution in [0.25, 0.3) is 0 Å². The van der Waals surface area contributed by atoms with Crippen molar-refractivity contribution in [1.29, 1.82) is 0 Å². The molecular formula is C12H21N5O2S. The summed E-state index contributed by atoms with van der Waals surface area (Å²) in [5, 5.41) is 0. The Morgan fingerprint density at radius 2 is 2.20 bits per heavy atom. The van der Waals surface area contributed by atoms with Crippen LogP contribution < -0.4 is 14.5 Å². The standard InChI is InChI=1S/C12H21N5O2S/c1-16(2)11-6-7-13-12(14-11)17-8-4-5-10(9-17)15-20(3,18)19/h6-7,10,15H,4-5,8-9H2,1-3H3. The normalized spacial score (nSPS) is 19.9. The highest BCUT2D eigenvalue weighted by Gasteiger charge is 2.24. The Kier molecular flexibility index (Phi) is 4.44. The first-order valence-electron chi connectivity index (χ1n) is 6.58. The van der Waals surface area contributed by atoms with Crippen LogP contribution in [-0.2, 0) is 10.0 Å². The maximum Gasteiger partial charge on any atom is 0.227 e. The Morgan fingerprint density at radius 3 is 2.85 bits per heavy atom. The molecule has 0 saturated carbocycles. The van der Waals surface area contributed by atoms with E-state index in [1.807, 2.05) is 30.0 Å². The summed E-state index contributed by atoms with van der Waals surface area (Å²) in [7, 11) is 0.677. The highest BCUT2D eigenvalue weighted by Crippen LogP contribution is 2.18. The predicted octanol–water partition coefficient (Wildman–Crippen LogP) is 0.0606. The fraction of sp³-hybridized carbons (Fsp3) is 0.667. The van der Waals surface area contributed by atoms with Gasteiger partial charge < -0.3 is 9.80 Å². The fourth-order valence-corrected chi connectivity index (χ4v) is 3.10. The maximum atomic E-state index is 11.3. The van der Waals surface area contributed by atoms with Crippen molar-refractivity contribution in [1.82, 2.24) is 14.7 Å². The van der Waals surface area contributed by atoms with Crippen LogP contribution in [-0.4, -0.2) is 57.9 Å². The Labute approximate surface area is 120 Å². The number of hydrogen-bond donors (Lipinski definition) is 1. The second kappa shape index (κ2) is 5.92. The minimum absolute atomic E-state index is 0.0784. The van der Waals surface area contributed by atoms with Crippen molar-refractivity contribution in [2.45, 2.75) is 18.9 Å². The van der Waals surface area contributed by atoms with Crippen molar-refractivity contribution in [3.05, 3.63) is 12.3 Å². The van der Waals surface area contributed by atoms with E-state index >= 15 is 0 Å². The van der Waals surface area contributed by atoms with Crippen LogP contribution in [0, 0.1) is 0 Å². The van der Waals surface area contributed by atoms with E-state index in [1.54, 1.807) is 6.20 Å². The average molecular weight is 299 g/mol. The van der Waals surface area contributed by atoms with Crippen molar-refractivity contribution in [3.63, 3.8) is 0 Å². The van der Waals surface area contributed by atoms with Gasteiger partial charge in [0, 0.05) is 39.4 Å². The highest BCUT2D eigenvalue weighted by atomic mass is 32.2. The number of hydrogen-bond acceptors (Lipinski definition) is 6. The summed E-state index contributed by atoms with van der Waals surface area (Å²) in [6, 6.07) is 1.77. The van der Waals surface area contributed by atoms with Crippen LogP contribution in [0.1, 0.15) is 12.8 Å². The lowest BCUT2D eigenvalue weighted by Gasteiger charge is -2.33. The van der Waals surface area contributed by atoms with Crippen LogP contribution >= 0.6 is 0 Å². The third kappa shape index (κ3) is 4.04. The average Bonchev–Trinajstić information content (AvgIpc) is 2.37. The van der Waals surface area contributed by atoms with E-state index in [0.717, 1.165) is 25.2 Å². The number of aromatic nitrogens is 2. The molecule has 2 heterocycles. The molecule has 0 radical (unpaired) electrons. The van der Waals surface area contributed by atoms with Gasteiger partial charge in [0.15, 0.2) is 0 Å². The second-order valence-electron chi connectivity index (χ2n) is 5.28. The van der Waals surface area contributed by atoms with Crippen LogP contribution in [0.5, 0.6) is 0 Å². The number of sulfonamides is 1. The maximum absolute atomic E-state index is 11.3. The summed E-state index contributed by atoms with van der Waals surface area (Å²) >= 11 is 0. The Balaban J connectivity index is 2.10. The molecule has 2 rings (SSSR count). The first-order valence-corrected chi connectivity index (χ1v) is 8.47. The summed E-state index contributed by atoms with van der Waals surface area (Å²) in [4.78, 5) is 12.7. The monoisotopic (exact) mass is 299 g/mol. The number of rotatable bonds is 4. The van der Waals surface area contributed by atoms with Crippen LogP contribution in [0.3, 0.4) is 0 Å². The summed E-state index contributed by atoms with van der Waals surface area (Å²) in [6.07, 6.45) is 4.68. The molecule has 0 spiro atoms. The largest absolute Gasteiger partial charge is 0.363 e. The molecule has 0 aliphatic carbocycles. The molecule has 0 aromatic carbocycles. The minimum Gasteiger partial charge on any atom is -0.363 e. The van der Waals surface area contributed by atoms with Crippen molar-refractivity contribution in [2.24, 2.45) is 0 Å². The molecule has 1 aromatic heterocycles. The molecule has 1 saturated heterocycles. The highest BCUT2D eigenvalue weighted by molar-refractivity contribution is 7.88. The van der Waals surface area contributed by atoms with Gasteiger partial charge in [0.25, 0.3) is 0 Å². The fourth-order valence-electron chi connectivity index (χ4n) is 2.30. The van der Waals surface area contributed by atoms with E-state index in [1.165, 1.54) is 6.26 Å². The van der Waals surface area contributed by atoms with E-state index < -0.39 is 10.0 Å². The van der Waals surface area contributed by atoms with Gasteiger partial charge >= 0.3 is 0 Å². The molecular weight excluding hydrogens is 278 g/mol. The molecule has 0 bridgehead atoms. The van der Waals surface area contributed by atoms with E-state index in [9.17, 15) is 8.42 Å². The van der Waals surface area contributed by atoms with Crippen molar-refractivity contribution >= 4 is 21.8 Å². The molecule has 1 N–H and O–H groups in total. The molecule has 1 aromatic rings. The summed E-state index contributed by atoms with van der Waals surface area (Å²) in [6.45, 7) is 1.45. The van der Waals surface area contributed by atoms with Crippen molar-refractivity contribution in [2.75, 3.05) is 43.2 Å². The van der Waals surface area contributed by atoms with Gasteiger partial charge in [0.05, 0.1) is 6.26 Å². The van der Waals surface area contributed by atoms with Crippen LogP contribution in [0.2, 0.25) is 0 Å². The Hall–Kier alpha value is -1.41. The number of nitrogens with zero attached hydrogens (tertiary/aromatic N) is 4. The third-order valence-corrected chi connectivity index (χ3v) is 3.93. The number of anilines is 2. The van der Waals surface area contributed by atoms with Crippen LogP contribution in [0.15, 0.2) is 12.3 Å². The first kappa shape index (κ1) is 15.0. The zero-order chi connectivity index (χ0) is 14.8. The molecule has 8 heteroatoms. The molecule has 1 fully saturated rings. The van der Waals surface area contributed by atoms with Gasteiger partial charge in [-0.1, -0.05) is 0 Å². The van der Waals surface area contributed by atoms with Crippen molar-refractivity contribution in [3.8, 4) is 0 Å². The summed E-state index contributed by atoms with van der Waals surface area (Å²) in [5.74, 6) is 1.49. The number of nitrogens with one attached hydrogen (secondary N) is 1. The molecule has 0 amide bonds. The topological polar surface area (TPSA) is 78.4 Å². The van der Waals surface area contributed by atoms with E-state index in [0.29, 0.717) is 12.5 Å². The molecule has 7 nitrogen and oxygen atoms in total. The smallest absolute Gasteiger partial charge is 0.227 e. The third-order valence-electron chi connectivity index (χ3n) is 3.17. The quantitative estimate of drug-likeness (QED) is 0.847. The van der Waals surface area contributed by atoms with Gasteiger partial charge in [-0.3, -0.25) is 0 Å². The number of piperidine rings is 1. The van der Waals surface area contributed by atoms with Gasteiger partial charge in [-0.15, -0.1) is 0 Å².